The molecule has 0 radical (unpaired) electrons. The number of esters is 1. The first kappa shape index (κ1) is 31.1. The van der Waals surface area contributed by atoms with Crippen molar-refractivity contribution in [1.82, 2.24) is 0 Å². The fourth-order valence-corrected chi connectivity index (χ4v) is 6.27. The lowest BCUT2D eigenvalue weighted by Gasteiger charge is -2.22. The van der Waals surface area contributed by atoms with E-state index in [4.69, 9.17) is 18.7 Å². The van der Waals surface area contributed by atoms with Crippen LogP contribution in [-0.2, 0) is 26.9 Å². The van der Waals surface area contributed by atoms with Gasteiger partial charge in [-0.05, 0) is 51.1 Å². The molecule has 0 bridgehead atoms. The number of allylic oxidation sites excluding steroid dienone is 2. The van der Waals surface area contributed by atoms with Crippen molar-refractivity contribution in [2.24, 2.45) is 0 Å². The maximum atomic E-state index is 12.8. The van der Waals surface area contributed by atoms with Crippen molar-refractivity contribution < 1.29 is 33.0 Å². The average molecular weight is 552 g/mol. The van der Waals surface area contributed by atoms with Crippen molar-refractivity contribution >= 4 is 21.6 Å². The smallest absolute Gasteiger partial charge is 0.345 e. The number of benzene rings is 1. The molecule has 1 aliphatic heterocycles. The fourth-order valence-electron chi connectivity index (χ4n) is 4.13. The third kappa shape index (κ3) is 7.94. The second-order valence-corrected chi connectivity index (χ2v) is 18.3. The summed E-state index contributed by atoms with van der Waals surface area (Å²) in [4.78, 5) is 23.2. The van der Waals surface area contributed by atoms with Gasteiger partial charge in [0.15, 0.2) is 5.66 Å². The van der Waals surface area contributed by atoms with Crippen molar-refractivity contribution in [3.63, 3.8) is 0 Å². The molecule has 206 valence electrons. The molecule has 1 aromatic rings. The Kier molecular flexibility index (Phi) is 11.0. The van der Waals surface area contributed by atoms with Crippen LogP contribution in [0.2, 0.25) is 25.7 Å². The normalized spacial score (nSPS) is 16.9. The van der Waals surface area contributed by atoms with E-state index in [2.05, 4.69) is 19.6 Å². The van der Waals surface area contributed by atoms with E-state index in [1.807, 2.05) is 32.9 Å². The highest BCUT2D eigenvalue weighted by Crippen LogP contribution is 2.51. The molecule has 0 spiro atoms. The van der Waals surface area contributed by atoms with Gasteiger partial charge in [-0.3, -0.25) is 4.57 Å². The van der Waals surface area contributed by atoms with Crippen molar-refractivity contribution in [2.45, 2.75) is 97.4 Å². The van der Waals surface area contributed by atoms with Crippen LogP contribution >= 0.6 is 7.60 Å². The zero-order chi connectivity index (χ0) is 28.0. The molecular weight excluding hydrogens is 509 g/mol. The Morgan fingerprint density at radius 1 is 1.30 bits per heavy atom. The van der Waals surface area contributed by atoms with E-state index in [0.29, 0.717) is 42.9 Å². The number of cyclic esters (lactones) is 1. The Labute approximate surface area is 222 Å². The molecule has 0 fully saturated rings. The van der Waals surface area contributed by atoms with Gasteiger partial charge < -0.3 is 23.6 Å². The summed E-state index contributed by atoms with van der Waals surface area (Å²) in [6.07, 6.45) is 3.15. The molecule has 0 saturated heterocycles. The maximum Gasteiger partial charge on any atom is 0.345 e. The lowest BCUT2D eigenvalue weighted by molar-refractivity contribution is 0.0532. The van der Waals surface area contributed by atoms with Crippen molar-refractivity contribution in [1.29, 1.82) is 5.26 Å². The summed E-state index contributed by atoms with van der Waals surface area (Å²) in [5, 5.41) is 9.66. The largest absolute Gasteiger partial charge is 0.496 e. The van der Waals surface area contributed by atoms with Crippen LogP contribution in [0.15, 0.2) is 11.6 Å². The minimum Gasteiger partial charge on any atom is -0.496 e. The van der Waals surface area contributed by atoms with Gasteiger partial charge >= 0.3 is 13.6 Å². The lowest BCUT2D eigenvalue weighted by atomic mass is 9.94. The van der Waals surface area contributed by atoms with Gasteiger partial charge in [-0.15, -0.1) is 0 Å². The number of fused-ring (bicyclic) bond motifs is 1. The summed E-state index contributed by atoms with van der Waals surface area (Å²) in [6.45, 7) is 14.9. The average Bonchev–Trinajstić information content (AvgIpc) is 3.21. The SMILES string of the molecule is CCC(=CCc1c(OC)c(C)c2c(c1OCC[Si](C)(C)C)C(=O)OC2)CC(C#N)P(=O)(O)OC(C)CC. The van der Waals surface area contributed by atoms with Gasteiger partial charge in [-0.1, -0.05) is 45.1 Å². The summed E-state index contributed by atoms with van der Waals surface area (Å²) in [5.74, 6) is 0.712. The van der Waals surface area contributed by atoms with E-state index < -0.39 is 33.4 Å². The number of rotatable bonds is 14. The first-order valence-electron chi connectivity index (χ1n) is 12.9. The molecule has 3 atom stereocenters. The summed E-state index contributed by atoms with van der Waals surface area (Å²) >= 11 is 0. The van der Waals surface area contributed by atoms with Gasteiger partial charge in [-0.25, -0.2) is 4.79 Å². The van der Waals surface area contributed by atoms with Crippen LogP contribution in [0.25, 0.3) is 0 Å². The number of ether oxygens (including phenoxy) is 3. The van der Waals surface area contributed by atoms with Gasteiger partial charge in [-0.2, -0.15) is 5.26 Å². The fraction of sp³-hybridized carbons (Fsp3) is 0.630. The molecule has 0 aromatic heterocycles. The molecule has 0 aliphatic carbocycles. The minimum atomic E-state index is -4.13. The number of hydrogen-bond acceptors (Lipinski definition) is 7. The number of nitrogens with zero attached hydrogens (tertiary/aromatic N) is 1. The van der Waals surface area contributed by atoms with Gasteiger partial charge in [0.05, 0.1) is 25.9 Å². The van der Waals surface area contributed by atoms with E-state index in [-0.39, 0.29) is 13.0 Å². The lowest BCUT2D eigenvalue weighted by Crippen LogP contribution is -2.23. The van der Waals surface area contributed by atoms with Crippen LogP contribution in [0.4, 0.5) is 0 Å². The third-order valence-electron chi connectivity index (χ3n) is 6.68. The van der Waals surface area contributed by atoms with Crippen LogP contribution in [0.1, 0.15) is 67.1 Å². The highest BCUT2D eigenvalue weighted by atomic mass is 31.2. The zero-order valence-electron chi connectivity index (χ0n) is 23.5. The Bertz CT molecular complexity index is 1100. The first-order chi connectivity index (χ1) is 17.3. The quantitative estimate of drug-likeness (QED) is 0.120. The molecule has 1 heterocycles. The van der Waals surface area contributed by atoms with Crippen molar-refractivity contribution in [2.75, 3.05) is 13.7 Å². The Hall–Kier alpha value is -2.11. The predicted octanol–water partition coefficient (Wildman–Crippen LogP) is 6.55. The molecule has 10 heteroatoms. The number of nitriles is 1. The summed E-state index contributed by atoms with van der Waals surface area (Å²) < 4.78 is 35.5. The van der Waals surface area contributed by atoms with E-state index in [1.165, 1.54) is 0 Å². The summed E-state index contributed by atoms with van der Waals surface area (Å²) in [6, 6.07) is 2.90. The summed E-state index contributed by atoms with van der Waals surface area (Å²) in [5.41, 5.74) is 2.46. The zero-order valence-corrected chi connectivity index (χ0v) is 25.4. The molecule has 1 N–H and O–H groups in total. The minimum absolute atomic E-state index is 0.108. The first-order valence-corrected chi connectivity index (χ1v) is 18.2. The number of carbonyl (C=O) groups excluding carboxylic acids is 1. The van der Waals surface area contributed by atoms with Crippen LogP contribution in [0.5, 0.6) is 11.5 Å². The Morgan fingerprint density at radius 3 is 2.51 bits per heavy atom. The molecule has 8 nitrogen and oxygen atoms in total. The number of methoxy groups -OCH3 is 1. The van der Waals surface area contributed by atoms with E-state index in [1.54, 1.807) is 14.0 Å². The highest BCUT2D eigenvalue weighted by Gasteiger charge is 2.35. The van der Waals surface area contributed by atoms with Gasteiger partial charge in [0.25, 0.3) is 0 Å². The molecule has 3 unspecified atom stereocenters. The number of hydrogen-bond donors (Lipinski definition) is 1. The number of carbonyl (C=O) groups is 1. The van der Waals surface area contributed by atoms with E-state index >= 15 is 0 Å². The molecule has 2 rings (SSSR count). The van der Waals surface area contributed by atoms with Crippen LogP contribution in [-0.4, -0.2) is 44.4 Å². The summed E-state index contributed by atoms with van der Waals surface area (Å²) in [7, 11) is -3.92. The maximum absolute atomic E-state index is 12.8. The second kappa shape index (κ2) is 13.1. The molecule has 1 aliphatic rings. The van der Waals surface area contributed by atoms with Gasteiger partial charge in [0.1, 0.15) is 23.7 Å². The van der Waals surface area contributed by atoms with Gasteiger partial charge in [0.2, 0.25) is 0 Å². The molecule has 1 aromatic carbocycles. The third-order valence-corrected chi connectivity index (χ3v) is 10.1. The van der Waals surface area contributed by atoms with Crippen LogP contribution < -0.4 is 9.47 Å². The molecule has 0 saturated carbocycles. The van der Waals surface area contributed by atoms with E-state index in [0.717, 1.165) is 28.3 Å². The van der Waals surface area contributed by atoms with Crippen molar-refractivity contribution in [3.05, 3.63) is 33.9 Å². The van der Waals surface area contributed by atoms with Crippen LogP contribution in [0.3, 0.4) is 0 Å². The highest BCUT2D eigenvalue weighted by molar-refractivity contribution is 7.54. The standard InChI is InChI=1S/C27H42NO7PSi/c1-9-18(3)35-36(30,31)21(16-28)15-20(10-2)11-12-22-25(32-5)19(4)23-17-34-27(29)24(23)26(22)33-13-14-37(6,7)8/h11,18,21H,9-10,12-15,17H2,1-8H3,(H,30,31). The van der Waals surface area contributed by atoms with Crippen molar-refractivity contribution in [3.8, 4) is 17.6 Å². The van der Waals surface area contributed by atoms with Crippen LogP contribution in [0, 0.1) is 18.3 Å². The Morgan fingerprint density at radius 2 is 1.97 bits per heavy atom. The Balaban J connectivity index is 2.46. The topological polar surface area (TPSA) is 115 Å². The molecule has 37 heavy (non-hydrogen) atoms. The monoisotopic (exact) mass is 551 g/mol. The molecule has 0 amide bonds. The van der Waals surface area contributed by atoms with E-state index in [9.17, 15) is 19.5 Å². The second-order valence-electron chi connectivity index (χ2n) is 10.7. The van der Waals surface area contributed by atoms with Gasteiger partial charge in [0, 0.05) is 19.2 Å². The predicted molar refractivity (Wildman–Crippen MR) is 147 cm³/mol. The molecular formula is C27H42NO7PSi.